The molecule has 0 aliphatic carbocycles. The molecule has 0 amide bonds. The van der Waals surface area contributed by atoms with Gasteiger partial charge in [0.05, 0.1) is 5.52 Å². The highest BCUT2D eigenvalue weighted by Crippen LogP contribution is 2.26. The number of aromatic nitrogens is 2. The molecule has 2 heterocycles. The van der Waals surface area contributed by atoms with Crippen LogP contribution in [0, 0.1) is 3.70 Å². The molecule has 1 N–H and O–H groups in total. The van der Waals surface area contributed by atoms with Gasteiger partial charge in [-0.2, -0.15) is 0 Å². The molecule has 0 radical (unpaired) electrons. The van der Waals surface area contributed by atoms with Gasteiger partial charge in [-0.05, 0) is 34.7 Å². The Morgan fingerprint density at radius 1 is 1.07 bits per heavy atom. The standard InChI is InChI=1S/C11H7IN2/c12-11-10-8(5-6-13-11)7-3-1-2-4-9(7)14-10/h1-6,14H. The Morgan fingerprint density at radius 3 is 2.86 bits per heavy atom. The third-order valence-corrected chi connectivity index (χ3v) is 3.20. The molecule has 3 aromatic rings. The van der Waals surface area contributed by atoms with Crippen LogP contribution >= 0.6 is 22.6 Å². The lowest BCUT2D eigenvalue weighted by molar-refractivity contribution is 1.29. The zero-order chi connectivity index (χ0) is 9.54. The highest BCUT2D eigenvalue weighted by atomic mass is 127. The highest BCUT2D eigenvalue weighted by Gasteiger charge is 2.05. The molecule has 0 fully saturated rings. The van der Waals surface area contributed by atoms with Gasteiger partial charge in [0.15, 0.2) is 0 Å². The Labute approximate surface area is 94.5 Å². The molecule has 3 rings (SSSR count). The second-order valence-electron chi connectivity index (χ2n) is 3.19. The van der Waals surface area contributed by atoms with Crippen LogP contribution in [0.4, 0.5) is 0 Å². The Morgan fingerprint density at radius 2 is 1.93 bits per heavy atom. The first-order valence-electron chi connectivity index (χ1n) is 4.37. The molecule has 0 saturated carbocycles. The van der Waals surface area contributed by atoms with Crippen molar-refractivity contribution in [2.45, 2.75) is 0 Å². The van der Waals surface area contributed by atoms with Gasteiger partial charge in [-0.3, -0.25) is 0 Å². The van der Waals surface area contributed by atoms with E-state index in [1.54, 1.807) is 0 Å². The summed E-state index contributed by atoms with van der Waals surface area (Å²) in [5.74, 6) is 0. The minimum Gasteiger partial charge on any atom is -0.352 e. The highest BCUT2D eigenvalue weighted by molar-refractivity contribution is 14.1. The number of fused-ring (bicyclic) bond motifs is 3. The summed E-state index contributed by atoms with van der Waals surface area (Å²) in [6.07, 6.45) is 1.85. The summed E-state index contributed by atoms with van der Waals surface area (Å²) in [4.78, 5) is 7.63. The quantitative estimate of drug-likeness (QED) is 0.500. The average molecular weight is 294 g/mol. The molecule has 14 heavy (non-hydrogen) atoms. The predicted molar refractivity (Wildman–Crippen MR) is 66.3 cm³/mol. The number of hydrogen-bond acceptors (Lipinski definition) is 1. The van der Waals surface area contributed by atoms with E-state index in [0.29, 0.717) is 0 Å². The van der Waals surface area contributed by atoms with Gasteiger partial charge in [0, 0.05) is 22.5 Å². The van der Waals surface area contributed by atoms with Crippen LogP contribution in [0.3, 0.4) is 0 Å². The van der Waals surface area contributed by atoms with Crippen LogP contribution in [-0.2, 0) is 0 Å². The van der Waals surface area contributed by atoms with E-state index in [2.05, 4.69) is 56.8 Å². The second-order valence-corrected chi connectivity index (χ2v) is 4.22. The van der Waals surface area contributed by atoms with Crippen molar-refractivity contribution in [3.05, 3.63) is 40.2 Å². The fraction of sp³-hybridized carbons (Fsp3) is 0. The summed E-state index contributed by atoms with van der Waals surface area (Å²) in [7, 11) is 0. The largest absolute Gasteiger partial charge is 0.352 e. The number of aromatic amines is 1. The van der Waals surface area contributed by atoms with Crippen LogP contribution in [0.5, 0.6) is 0 Å². The van der Waals surface area contributed by atoms with Crippen molar-refractivity contribution in [1.82, 2.24) is 9.97 Å². The molecule has 0 unspecified atom stereocenters. The van der Waals surface area contributed by atoms with Crippen LogP contribution < -0.4 is 0 Å². The van der Waals surface area contributed by atoms with Gasteiger partial charge in [0.1, 0.15) is 3.70 Å². The molecule has 68 valence electrons. The van der Waals surface area contributed by atoms with Crippen molar-refractivity contribution >= 4 is 44.4 Å². The summed E-state index contributed by atoms with van der Waals surface area (Å²) in [6.45, 7) is 0. The van der Waals surface area contributed by atoms with Crippen molar-refractivity contribution in [2.75, 3.05) is 0 Å². The maximum atomic E-state index is 4.26. The first-order chi connectivity index (χ1) is 6.86. The molecule has 0 aliphatic heterocycles. The second kappa shape index (κ2) is 2.95. The van der Waals surface area contributed by atoms with Gasteiger partial charge in [-0.15, -0.1) is 0 Å². The van der Waals surface area contributed by atoms with Crippen LogP contribution in [0.15, 0.2) is 36.5 Å². The SMILES string of the molecule is Ic1nccc2c1[nH]c1ccccc12. The van der Waals surface area contributed by atoms with Gasteiger partial charge < -0.3 is 4.98 Å². The zero-order valence-corrected chi connectivity index (χ0v) is 9.45. The Bertz CT molecular complexity index is 613. The Hall–Kier alpha value is -1.10. The molecule has 0 aliphatic rings. The average Bonchev–Trinajstić information content (AvgIpc) is 2.59. The fourth-order valence-corrected chi connectivity index (χ4v) is 2.33. The van der Waals surface area contributed by atoms with Crippen molar-refractivity contribution in [2.24, 2.45) is 0 Å². The summed E-state index contributed by atoms with van der Waals surface area (Å²) in [5, 5.41) is 2.52. The van der Waals surface area contributed by atoms with Gasteiger partial charge in [-0.1, -0.05) is 18.2 Å². The molecule has 2 aromatic heterocycles. The number of rotatable bonds is 0. The normalized spacial score (nSPS) is 11.2. The molecular formula is C11H7IN2. The van der Waals surface area contributed by atoms with Crippen LogP contribution in [0.1, 0.15) is 0 Å². The van der Waals surface area contributed by atoms with E-state index in [9.17, 15) is 0 Å². The molecule has 0 bridgehead atoms. The van der Waals surface area contributed by atoms with E-state index in [1.807, 2.05) is 12.3 Å². The number of benzene rings is 1. The number of para-hydroxylation sites is 1. The number of halogens is 1. The van der Waals surface area contributed by atoms with Crippen molar-refractivity contribution < 1.29 is 0 Å². The van der Waals surface area contributed by atoms with Crippen molar-refractivity contribution in [3.63, 3.8) is 0 Å². The first-order valence-corrected chi connectivity index (χ1v) is 5.45. The van der Waals surface area contributed by atoms with Gasteiger partial charge in [0.2, 0.25) is 0 Å². The maximum Gasteiger partial charge on any atom is 0.125 e. The fourth-order valence-electron chi connectivity index (χ4n) is 1.74. The lowest BCUT2D eigenvalue weighted by Gasteiger charge is -1.91. The van der Waals surface area contributed by atoms with Gasteiger partial charge >= 0.3 is 0 Å². The number of hydrogen-bond donors (Lipinski definition) is 1. The monoisotopic (exact) mass is 294 g/mol. The third-order valence-electron chi connectivity index (χ3n) is 2.38. The van der Waals surface area contributed by atoms with Gasteiger partial charge in [0.25, 0.3) is 0 Å². The van der Waals surface area contributed by atoms with Crippen LogP contribution in [0.2, 0.25) is 0 Å². The molecular weight excluding hydrogens is 287 g/mol. The van der Waals surface area contributed by atoms with E-state index in [4.69, 9.17) is 0 Å². The molecule has 2 nitrogen and oxygen atoms in total. The third kappa shape index (κ3) is 1.05. The van der Waals surface area contributed by atoms with E-state index >= 15 is 0 Å². The predicted octanol–water partition coefficient (Wildman–Crippen LogP) is 3.32. The Kier molecular flexibility index (Phi) is 1.73. The molecule has 0 spiro atoms. The summed E-state index contributed by atoms with van der Waals surface area (Å²) < 4.78 is 1.02. The van der Waals surface area contributed by atoms with Crippen molar-refractivity contribution in [3.8, 4) is 0 Å². The zero-order valence-electron chi connectivity index (χ0n) is 7.29. The topological polar surface area (TPSA) is 28.7 Å². The number of H-pyrrole nitrogens is 1. The number of nitrogens with zero attached hydrogens (tertiary/aromatic N) is 1. The summed E-state index contributed by atoms with van der Waals surface area (Å²) in [6, 6.07) is 10.4. The summed E-state index contributed by atoms with van der Waals surface area (Å²) in [5.41, 5.74) is 2.31. The minimum atomic E-state index is 1.02. The van der Waals surface area contributed by atoms with Crippen molar-refractivity contribution in [1.29, 1.82) is 0 Å². The number of pyridine rings is 1. The van der Waals surface area contributed by atoms with E-state index < -0.39 is 0 Å². The Balaban J connectivity index is 2.63. The lowest BCUT2D eigenvalue weighted by atomic mass is 10.2. The number of nitrogens with one attached hydrogen (secondary N) is 1. The smallest absolute Gasteiger partial charge is 0.125 e. The van der Waals surface area contributed by atoms with Crippen LogP contribution in [-0.4, -0.2) is 9.97 Å². The molecule has 0 atom stereocenters. The van der Waals surface area contributed by atoms with E-state index in [-0.39, 0.29) is 0 Å². The van der Waals surface area contributed by atoms with E-state index in [0.717, 1.165) is 9.22 Å². The minimum absolute atomic E-state index is 1.02. The van der Waals surface area contributed by atoms with E-state index in [1.165, 1.54) is 16.3 Å². The van der Waals surface area contributed by atoms with Gasteiger partial charge in [-0.25, -0.2) is 4.98 Å². The van der Waals surface area contributed by atoms with Crippen LogP contribution in [0.25, 0.3) is 21.8 Å². The molecule has 3 heteroatoms. The maximum absolute atomic E-state index is 4.26. The summed E-state index contributed by atoms with van der Waals surface area (Å²) >= 11 is 2.25. The molecule has 1 aromatic carbocycles. The lowest BCUT2D eigenvalue weighted by Crippen LogP contribution is -1.79. The molecule has 0 saturated heterocycles. The first kappa shape index (κ1) is 8.23.